The Kier molecular flexibility index (Phi) is 6.21. The van der Waals surface area contributed by atoms with Gasteiger partial charge in [-0.15, -0.1) is 0 Å². The second-order valence-electron chi connectivity index (χ2n) is 7.89. The Morgan fingerprint density at radius 3 is 2.23 bits per heavy atom. The van der Waals surface area contributed by atoms with Crippen LogP contribution in [0.2, 0.25) is 0 Å². The predicted molar refractivity (Wildman–Crippen MR) is 118 cm³/mol. The Hall–Kier alpha value is -3.35. The second-order valence-corrected chi connectivity index (χ2v) is 7.89. The van der Waals surface area contributed by atoms with Crippen LogP contribution in [0.25, 0.3) is 11.0 Å². The summed E-state index contributed by atoms with van der Waals surface area (Å²) in [5.74, 6) is -0.821. The number of aromatic nitrogens is 2. The summed E-state index contributed by atoms with van der Waals surface area (Å²) in [5.41, 5.74) is 2.14. The minimum absolute atomic E-state index is 0.0000808. The highest BCUT2D eigenvalue weighted by Gasteiger charge is 2.30. The van der Waals surface area contributed by atoms with Crippen molar-refractivity contribution < 1.29 is 14.3 Å². The molecule has 4 rings (SSSR count). The Labute approximate surface area is 180 Å². The van der Waals surface area contributed by atoms with Gasteiger partial charge in [0.05, 0.1) is 17.5 Å². The second kappa shape index (κ2) is 9.20. The van der Waals surface area contributed by atoms with E-state index in [1.165, 1.54) is 0 Å². The third-order valence-corrected chi connectivity index (χ3v) is 5.43. The van der Waals surface area contributed by atoms with Crippen molar-refractivity contribution in [3.63, 3.8) is 0 Å². The van der Waals surface area contributed by atoms with Gasteiger partial charge in [-0.3, -0.25) is 18.7 Å². The van der Waals surface area contributed by atoms with Crippen molar-refractivity contribution in [2.45, 2.75) is 57.8 Å². The normalized spacial score (nSPS) is 14.4. The minimum Gasteiger partial charge on any atom is -0.447 e. The van der Waals surface area contributed by atoms with Crippen LogP contribution in [0.5, 0.6) is 0 Å². The molecule has 1 aromatic heterocycles. The predicted octanol–water partition coefficient (Wildman–Crippen LogP) is 3.17. The summed E-state index contributed by atoms with van der Waals surface area (Å²) in [6.07, 6.45) is 1.75. The molecule has 2 aromatic carbocycles. The Morgan fingerprint density at radius 1 is 1.00 bits per heavy atom. The fraction of sp³-hybridized carbons (Fsp3) is 0.375. The maximum absolute atomic E-state index is 12.9. The highest BCUT2D eigenvalue weighted by atomic mass is 16.5. The molecule has 3 aromatic rings. The van der Waals surface area contributed by atoms with Crippen molar-refractivity contribution in [2.75, 3.05) is 0 Å². The number of nitrogens with zero attached hydrogens (tertiary/aromatic N) is 2. The van der Waals surface area contributed by atoms with Gasteiger partial charge in [0.2, 0.25) is 6.10 Å². The minimum atomic E-state index is -0.993. The Morgan fingerprint density at radius 2 is 1.61 bits per heavy atom. The van der Waals surface area contributed by atoms with Crippen molar-refractivity contribution in [2.24, 2.45) is 0 Å². The van der Waals surface area contributed by atoms with Crippen LogP contribution in [0.1, 0.15) is 44.3 Å². The summed E-state index contributed by atoms with van der Waals surface area (Å²) >= 11 is 0. The fourth-order valence-electron chi connectivity index (χ4n) is 3.73. The number of nitrogens with one attached hydrogen (secondary N) is 1. The van der Waals surface area contributed by atoms with Gasteiger partial charge in [-0.25, -0.2) is 4.79 Å². The molecular formula is C24H27N3O4. The van der Waals surface area contributed by atoms with E-state index in [4.69, 9.17) is 4.74 Å². The molecule has 1 saturated carbocycles. The van der Waals surface area contributed by atoms with E-state index < -0.39 is 12.1 Å². The van der Waals surface area contributed by atoms with E-state index in [0.717, 1.165) is 30.3 Å². The molecule has 1 amide bonds. The SMILES string of the molecule is CCCn1c(=O)n(CCC(=O)O[C@@H](C(=O)NC2CC2)c2ccccc2)c2ccccc21. The van der Waals surface area contributed by atoms with Crippen LogP contribution < -0.4 is 11.0 Å². The number of amides is 1. The van der Waals surface area contributed by atoms with E-state index in [0.29, 0.717) is 12.1 Å². The van der Waals surface area contributed by atoms with E-state index in [9.17, 15) is 14.4 Å². The molecule has 0 radical (unpaired) electrons. The molecule has 0 unspecified atom stereocenters. The number of ether oxygens (including phenoxy) is 1. The number of carbonyl (C=O) groups excluding carboxylic acids is 2. The molecular weight excluding hydrogens is 394 g/mol. The first-order chi connectivity index (χ1) is 15.1. The fourth-order valence-corrected chi connectivity index (χ4v) is 3.73. The van der Waals surface area contributed by atoms with Gasteiger partial charge in [-0.2, -0.15) is 0 Å². The average molecular weight is 421 g/mol. The van der Waals surface area contributed by atoms with Crippen molar-refractivity contribution in [3.8, 4) is 0 Å². The molecule has 1 N–H and O–H groups in total. The molecule has 7 nitrogen and oxygen atoms in total. The Balaban J connectivity index is 1.49. The number of benzene rings is 2. The number of esters is 1. The average Bonchev–Trinajstić information content (AvgIpc) is 3.56. The number of fused-ring (bicyclic) bond motifs is 1. The molecule has 1 atom stereocenters. The topological polar surface area (TPSA) is 82.3 Å². The molecule has 1 fully saturated rings. The van der Waals surface area contributed by atoms with Crippen LogP contribution in [0.4, 0.5) is 0 Å². The quantitative estimate of drug-likeness (QED) is 0.538. The summed E-state index contributed by atoms with van der Waals surface area (Å²) in [6, 6.07) is 16.7. The molecule has 31 heavy (non-hydrogen) atoms. The standard InChI is InChI=1S/C24H27N3O4/c1-2-15-26-19-10-6-7-11-20(19)27(24(26)30)16-14-21(28)31-22(17-8-4-3-5-9-17)23(29)25-18-12-13-18/h3-11,18,22H,2,12-16H2,1H3,(H,25,29)/t22-/m1/s1. The zero-order valence-corrected chi connectivity index (χ0v) is 17.6. The molecule has 162 valence electrons. The molecule has 1 heterocycles. The number of carbonyl (C=O) groups is 2. The lowest BCUT2D eigenvalue weighted by molar-refractivity contribution is -0.156. The lowest BCUT2D eigenvalue weighted by atomic mass is 10.1. The zero-order chi connectivity index (χ0) is 21.8. The highest BCUT2D eigenvalue weighted by Crippen LogP contribution is 2.23. The summed E-state index contributed by atoms with van der Waals surface area (Å²) in [6.45, 7) is 2.83. The number of para-hydroxylation sites is 2. The lowest BCUT2D eigenvalue weighted by Crippen LogP contribution is -2.34. The van der Waals surface area contributed by atoms with Crippen molar-refractivity contribution >= 4 is 22.9 Å². The number of hydrogen-bond donors (Lipinski definition) is 1. The van der Waals surface area contributed by atoms with Crippen LogP contribution in [-0.4, -0.2) is 27.1 Å². The Bertz CT molecular complexity index is 1130. The first-order valence-electron chi connectivity index (χ1n) is 10.8. The molecule has 0 saturated heterocycles. The lowest BCUT2D eigenvalue weighted by Gasteiger charge is -2.18. The molecule has 1 aliphatic rings. The zero-order valence-electron chi connectivity index (χ0n) is 17.6. The third kappa shape index (κ3) is 4.71. The largest absolute Gasteiger partial charge is 0.447 e. The maximum Gasteiger partial charge on any atom is 0.329 e. The van der Waals surface area contributed by atoms with Crippen LogP contribution >= 0.6 is 0 Å². The van der Waals surface area contributed by atoms with E-state index >= 15 is 0 Å². The van der Waals surface area contributed by atoms with E-state index in [1.54, 1.807) is 21.3 Å². The van der Waals surface area contributed by atoms with Crippen LogP contribution in [0.15, 0.2) is 59.4 Å². The highest BCUT2D eigenvalue weighted by molar-refractivity contribution is 5.85. The molecule has 0 bridgehead atoms. The number of hydrogen-bond acceptors (Lipinski definition) is 4. The number of aryl methyl sites for hydroxylation is 2. The summed E-state index contributed by atoms with van der Waals surface area (Å²) in [7, 11) is 0. The van der Waals surface area contributed by atoms with Crippen LogP contribution in [0.3, 0.4) is 0 Å². The molecule has 1 aliphatic carbocycles. The van der Waals surface area contributed by atoms with Gasteiger partial charge < -0.3 is 10.1 Å². The van der Waals surface area contributed by atoms with Gasteiger partial charge in [0, 0.05) is 24.7 Å². The maximum atomic E-state index is 12.9. The number of imidazole rings is 1. The van der Waals surface area contributed by atoms with Gasteiger partial charge in [0.25, 0.3) is 5.91 Å². The van der Waals surface area contributed by atoms with E-state index in [1.807, 2.05) is 49.4 Å². The van der Waals surface area contributed by atoms with Crippen LogP contribution in [0, 0.1) is 0 Å². The number of rotatable bonds is 9. The van der Waals surface area contributed by atoms with Gasteiger partial charge >= 0.3 is 11.7 Å². The molecule has 0 spiro atoms. The summed E-state index contributed by atoms with van der Waals surface area (Å²) in [4.78, 5) is 38.2. The van der Waals surface area contributed by atoms with Gasteiger partial charge in [-0.05, 0) is 31.4 Å². The van der Waals surface area contributed by atoms with E-state index in [2.05, 4.69) is 5.32 Å². The van der Waals surface area contributed by atoms with E-state index in [-0.39, 0.29) is 30.6 Å². The van der Waals surface area contributed by atoms with Crippen LogP contribution in [-0.2, 0) is 27.4 Å². The summed E-state index contributed by atoms with van der Waals surface area (Å²) < 4.78 is 8.92. The van der Waals surface area contributed by atoms with Crippen molar-refractivity contribution in [1.82, 2.24) is 14.5 Å². The molecule has 7 heteroatoms. The first-order valence-corrected chi connectivity index (χ1v) is 10.8. The van der Waals surface area contributed by atoms with Gasteiger partial charge in [0.15, 0.2) is 0 Å². The van der Waals surface area contributed by atoms with Crippen molar-refractivity contribution in [3.05, 3.63) is 70.6 Å². The molecule has 0 aliphatic heterocycles. The third-order valence-electron chi connectivity index (χ3n) is 5.43. The van der Waals surface area contributed by atoms with Crippen molar-refractivity contribution in [1.29, 1.82) is 0 Å². The van der Waals surface area contributed by atoms with Gasteiger partial charge in [-0.1, -0.05) is 49.4 Å². The van der Waals surface area contributed by atoms with Gasteiger partial charge in [0.1, 0.15) is 0 Å². The summed E-state index contributed by atoms with van der Waals surface area (Å²) in [5, 5.41) is 2.91. The first kappa shape index (κ1) is 20.9. The monoisotopic (exact) mass is 421 g/mol. The smallest absolute Gasteiger partial charge is 0.329 e.